The number of benzene rings is 1. The van der Waals surface area contributed by atoms with Crippen LogP contribution in [0.5, 0.6) is 0 Å². The Balaban J connectivity index is 2.14. The third-order valence-corrected chi connectivity index (χ3v) is 3.78. The average Bonchev–Trinajstić information content (AvgIpc) is 2.60. The van der Waals surface area contributed by atoms with Gasteiger partial charge in [-0.2, -0.15) is 0 Å². The molecule has 0 aliphatic rings. The first-order valence-corrected chi connectivity index (χ1v) is 8.56. The predicted octanol–water partition coefficient (Wildman–Crippen LogP) is 3.66. The first-order chi connectivity index (χ1) is 11.6. The van der Waals surface area contributed by atoms with Gasteiger partial charge >= 0.3 is 0 Å². The molecule has 1 aromatic carbocycles. The lowest BCUT2D eigenvalue weighted by Gasteiger charge is -2.21. The summed E-state index contributed by atoms with van der Waals surface area (Å²) >= 11 is 0. The molecule has 5 nitrogen and oxygen atoms in total. The highest BCUT2D eigenvalue weighted by atomic mass is 16.2. The van der Waals surface area contributed by atoms with E-state index in [2.05, 4.69) is 22.2 Å². The number of amides is 1. The Bertz CT molecular complexity index is 658. The second-order valence-corrected chi connectivity index (χ2v) is 5.77. The first-order valence-electron chi connectivity index (χ1n) is 8.56. The quantitative estimate of drug-likeness (QED) is 0.752. The lowest BCUT2D eigenvalue weighted by Crippen LogP contribution is -2.31. The Morgan fingerprint density at radius 2 is 1.92 bits per heavy atom. The number of aromatic nitrogens is 2. The molecule has 0 aliphatic heterocycles. The van der Waals surface area contributed by atoms with Crippen LogP contribution in [0, 0.1) is 6.92 Å². The summed E-state index contributed by atoms with van der Waals surface area (Å²) in [5, 5.41) is 3.27. The molecule has 0 bridgehead atoms. The third kappa shape index (κ3) is 5.05. The minimum atomic E-state index is -0.0644. The largest absolute Gasteiger partial charge is 0.370 e. The Hall–Kier alpha value is -2.43. The third-order valence-electron chi connectivity index (χ3n) is 3.78. The van der Waals surface area contributed by atoms with E-state index in [0.29, 0.717) is 24.6 Å². The number of anilines is 1. The van der Waals surface area contributed by atoms with Gasteiger partial charge in [0.15, 0.2) is 0 Å². The molecular weight excluding hydrogens is 300 g/mol. The number of carbonyl (C=O) groups is 1. The van der Waals surface area contributed by atoms with Gasteiger partial charge in [-0.15, -0.1) is 0 Å². The van der Waals surface area contributed by atoms with Crippen LogP contribution in [0.15, 0.2) is 36.4 Å². The van der Waals surface area contributed by atoms with Gasteiger partial charge in [0.1, 0.15) is 17.3 Å². The monoisotopic (exact) mass is 326 g/mol. The van der Waals surface area contributed by atoms with E-state index in [4.69, 9.17) is 0 Å². The number of nitrogens with one attached hydrogen (secondary N) is 1. The normalized spacial score (nSPS) is 10.5. The molecule has 2 rings (SSSR count). The Morgan fingerprint density at radius 3 is 2.58 bits per heavy atom. The van der Waals surface area contributed by atoms with Gasteiger partial charge in [-0.05, 0) is 25.8 Å². The molecule has 0 aliphatic carbocycles. The lowest BCUT2D eigenvalue weighted by molar-refractivity contribution is 0.0746. The SMILES string of the molecule is CCCCNc1cc(C(=O)N(CC)Cc2ccccc2)nc(C)n1. The molecule has 1 N–H and O–H groups in total. The first kappa shape index (κ1) is 17.9. The standard InChI is InChI=1S/C19H26N4O/c1-4-6-12-20-18-13-17(21-15(3)22-18)19(24)23(5-2)14-16-10-8-7-9-11-16/h7-11,13H,4-6,12,14H2,1-3H3,(H,20,21,22). The number of aryl methyl sites for hydroxylation is 1. The molecule has 2 aromatic rings. The molecule has 5 heteroatoms. The van der Waals surface area contributed by atoms with Crippen molar-refractivity contribution in [2.45, 2.75) is 40.2 Å². The summed E-state index contributed by atoms with van der Waals surface area (Å²) in [7, 11) is 0. The van der Waals surface area contributed by atoms with Gasteiger partial charge in [-0.25, -0.2) is 9.97 Å². The van der Waals surface area contributed by atoms with Crippen LogP contribution in [0.4, 0.5) is 5.82 Å². The Labute approximate surface area is 144 Å². The lowest BCUT2D eigenvalue weighted by atomic mass is 10.2. The molecule has 0 spiro atoms. The highest BCUT2D eigenvalue weighted by Gasteiger charge is 2.17. The number of rotatable bonds is 8. The fraction of sp³-hybridized carbons (Fsp3) is 0.421. The molecule has 0 radical (unpaired) electrons. The van der Waals surface area contributed by atoms with E-state index in [0.717, 1.165) is 30.8 Å². The average molecular weight is 326 g/mol. The maximum absolute atomic E-state index is 12.8. The van der Waals surface area contributed by atoms with Crippen LogP contribution in [0.3, 0.4) is 0 Å². The van der Waals surface area contributed by atoms with Crippen molar-refractivity contribution < 1.29 is 4.79 Å². The molecule has 1 amide bonds. The molecule has 0 saturated heterocycles. The van der Waals surface area contributed by atoms with Crippen molar-refractivity contribution in [3.63, 3.8) is 0 Å². The van der Waals surface area contributed by atoms with Crippen LogP contribution in [-0.2, 0) is 6.54 Å². The maximum atomic E-state index is 12.8. The summed E-state index contributed by atoms with van der Waals surface area (Å²) in [4.78, 5) is 23.3. The number of hydrogen-bond donors (Lipinski definition) is 1. The maximum Gasteiger partial charge on any atom is 0.272 e. The zero-order valence-corrected chi connectivity index (χ0v) is 14.7. The van der Waals surface area contributed by atoms with Gasteiger partial charge in [0, 0.05) is 25.7 Å². The van der Waals surface area contributed by atoms with Crippen LogP contribution in [0.25, 0.3) is 0 Å². The summed E-state index contributed by atoms with van der Waals surface area (Å²) < 4.78 is 0. The second kappa shape index (κ2) is 9.01. The number of nitrogens with zero attached hydrogens (tertiary/aromatic N) is 3. The van der Waals surface area contributed by atoms with Crippen molar-refractivity contribution >= 4 is 11.7 Å². The van der Waals surface area contributed by atoms with Crippen molar-refractivity contribution in [3.05, 3.63) is 53.5 Å². The van der Waals surface area contributed by atoms with Crippen molar-refractivity contribution in [1.29, 1.82) is 0 Å². The van der Waals surface area contributed by atoms with E-state index < -0.39 is 0 Å². The summed E-state index contributed by atoms with van der Waals surface area (Å²) in [5.74, 6) is 1.26. The highest BCUT2D eigenvalue weighted by Crippen LogP contribution is 2.12. The van der Waals surface area contributed by atoms with Crippen LogP contribution in [-0.4, -0.2) is 33.9 Å². The highest BCUT2D eigenvalue weighted by molar-refractivity contribution is 5.93. The van der Waals surface area contributed by atoms with E-state index in [1.54, 1.807) is 11.0 Å². The molecular formula is C19H26N4O. The molecule has 24 heavy (non-hydrogen) atoms. The molecule has 0 saturated carbocycles. The number of unbranched alkanes of at least 4 members (excludes halogenated alkanes) is 1. The molecule has 1 aromatic heterocycles. The summed E-state index contributed by atoms with van der Waals surface area (Å²) in [6.45, 7) is 8.00. The topological polar surface area (TPSA) is 58.1 Å². The Kier molecular flexibility index (Phi) is 6.73. The van der Waals surface area contributed by atoms with Crippen molar-refractivity contribution in [1.82, 2.24) is 14.9 Å². The molecule has 0 fully saturated rings. The molecule has 128 valence electrons. The fourth-order valence-electron chi connectivity index (χ4n) is 2.45. The molecule has 0 atom stereocenters. The van der Waals surface area contributed by atoms with Crippen LogP contribution in [0.1, 0.15) is 48.6 Å². The van der Waals surface area contributed by atoms with Crippen molar-refractivity contribution in [2.75, 3.05) is 18.4 Å². The van der Waals surface area contributed by atoms with Gasteiger partial charge < -0.3 is 10.2 Å². The van der Waals surface area contributed by atoms with Gasteiger partial charge in [0.2, 0.25) is 0 Å². The van der Waals surface area contributed by atoms with Crippen molar-refractivity contribution in [2.24, 2.45) is 0 Å². The van der Waals surface area contributed by atoms with E-state index >= 15 is 0 Å². The number of carbonyl (C=O) groups excluding carboxylic acids is 1. The zero-order chi connectivity index (χ0) is 17.4. The summed E-state index contributed by atoms with van der Waals surface area (Å²) in [6.07, 6.45) is 2.19. The fourth-order valence-corrected chi connectivity index (χ4v) is 2.45. The van der Waals surface area contributed by atoms with Crippen LogP contribution >= 0.6 is 0 Å². The van der Waals surface area contributed by atoms with Crippen LogP contribution in [0.2, 0.25) is 0 Å². The summed E-state index contributed by atoms with van der Waals surface area (Å²) in [6, 6.07) is 11.7. The van der Waals surface area contributed by atoms with Gasteiger partial charge in [-0.3, -0.25) is 4.79 Å². The predicted molar refractivity (Wildman–Crippen MR) is 97.0 cm³/mol. The smallest absolute Gasteiger partial charge is 0.272 e. The van der Waals surface area contributed by atoms with E-state index in [9.17, 15) is 4.79 Å². The minimum absolute atomic E-state index is 0.0644. The van der Waals surface area contributed by atoms with Crippen LogP contribution < -0.4 is 5.32 Å². The minimum Gasteiger partial charge on any atom is -0.370 e. The van der Waals surface area contributed by atoms with Crippen molar-refractivity contribution in [3.8, 4) is 0 Å². The van der Waals surface area contributed by atoms with E-state index in [1.165, 1.54) is 0 Å². The molecule has 1 heterocycles. The molecule has 0 unspecified atom stereocenters. The second-order valence-electron chi connectivity index (χ2n) is 5.77. The zero-order valence-electron chi connectivity index (χ0n) is 14.7. The van der Waals surface area contributed by atoms with E-state index in [-0.39, 0.29) is 5.91 Å². The van der Waals surface area contributed by atoms with E-state index in [1.807, 2.05) is 44.2 Å². The Morgan fingerprint density at radius 1 is 1.17 bits per heavy atom. The van der Waals surface area contributed by atoms with Gasteiger partial charge in [0.05, 0.1) is 0 Å². The van der Waals surface area contributed by atoms with Gasteiger partial charge in [-0.1, -0.05) is 43.7 Å². The number of hydrogen-bond acceptors (Lipinski definition) is 4. The summed E-state index contributed by atoms with van der Waals surface area (Å²) in [5.41, 5.74) is 1.55. The van der Waals surface area contributed by atoms with Gasteiger partial charge in [0.25, 0.3) is 5.91 Å².